The molecular weight excluding hydrogens is 548 g/mol. The molecule has 2 aromatic heterocycles. The molecule has 1 aromatic carbocycles. The van der Waals surface area contributed by atoms with Gasteiger partial charge in [0.15, 0.2) is 0 Å². The van der Waals surface area contributed by atoms with E-state index in [1.165, 1.54) is 5.56 Å². The normalized spacial score (nSPS) is 18.9. The van der Waals surface area contributed by atoms with Crippen LogP contribution in [0, 0.1) is 5.41 Å². The van der Waals surface area contributed by atoms with Crippen molar-refractivity contribution >= 4 is 17.2 Å². The molecule has 226 valence electrons. The smallest absolute Gasteiger partial charge is 0.246 e. The Morgan fingerprint density at radius 3 is 2.76 bits per heavy atom. The van der Waals surface area contributed by atoms with E-state index in [-0.39, 0.29) is 29.6 Å². The molecule has 0 bridgehead atoms. The van der Waals surface area contributed by atoms with Crippen LogP contribution in [0.15, 0.2) is 48.1 Å². The predicted molar refractivity (Wildman–Crippen MR) is 166 cm³/mol. The Hall–Kier alpha value is -2.85. The molecule has 1 saturated carbocycles. The lowest BCUT2D eigenvalue weighted by molar-refractivity contribution is -0.127. The lowest BCUT2D eigenvalue weighted by Gasteiger charge is -2.47. The molecular formula is C33H44N4O4S. The van der Waals surface area contributed by atoms with E-state index >= 15 is 0 Å². The molecule has 8 nitrogen and oxygen atoms in total. The molecule has 5 rings (SSSR count). The number of amides is 1. The SMILES string of the molecule is CCOCC(=O)NC(Cc1cccc(-c2nccs2)c1)[C@H](O)CN[C@H]1CC2(CCC2)Oc2ncc(CC(C)(C)C)cc21. The summed E-state index contributed by atoms with van der Waals surface area (Å²) < 4.78 is 11.8. The number of nitrogens with one attached hydrogen (secondary N) is 2. The number of benzene rings is 1. The molecule has 1 unspecified atom stereocenters. The van der Waals surface area contributed by atoms with Crippen LogP contribution in [0.1, 0.15) is 76.1 Å². The van der Waals surface area contributed by atoms with Crippen LogP contribution in [0.5, 0.6) is 5.88 Å². The average molecular weight is 593 g/mol. The van der Waals surface area contributed by atoms with Crippen molar-refractivity contribution in [3.63, 3.8) is 0 Å². The second-order valence-electron chi connectivity index (χ2n) is 12.9. The van der Waals surface area contributed by atoms with Crippen molar-refractivity contribution in [2.45, 2.75) is 90.0 Å². The minimum atomic E-state index is -0.826. The van der Waals surface area contributed by atoms with Crippen LogP contribution in [0.4, 0.5) is 0 Å². The summed E-state index contributed by atoms with van der Waals surface area (Å²) in [6.45, 7) is 9.27. The molecule has 1 fully saturated rings. The quantitative estimate of drug-likeness (QED) is 0.264. The Morgan fingerprint density at radius 1 is 1.24 bits per heavy atom. The molecule has 3 heterocycles. The van der Waals surface area contributed by atoms with Crippen LogP contribution in [0.3, 0.4) is 0 Å². The number of aliphatic hydroxyl groups excluding tert-OH is 1. The van der Waals surface area contributed by atoms with Gasteiger partial charge in [0.2, 0.25) is 11.8 Å². The van der Waals surface area contributed by atoms with Crippen LogP contribution in [-0.4, -0.2) is 58.5 Å². The Morgan fingerprint density at radius 2 is 2.07 bits per heavy atom. The first kappa shape index (κ1) is 30.6. The van der Waals surface area contributed by atoms with Crippen molar-refractivity contribution in [3.8, 4) is 16.5 Å². The topological polar surface area (TPSA) is 106 Å². The third kappa shape index (κ3) is 7.75. The molecule has 0 saturated heterocycles. The van der Waals surface area contributed by atoms with Crippen molar-refractivity contribution < 1.29 is 19.4 Å². The summed E-state index contributed by atoms with van der Waals surface area (Å²) in [6, 6.07) is 9.85. The van der Waals surface area contributed by atoms with Crippen LogP contribution >= 0.6 is 11.3 Å². The molecule has 42 heavy (non-hydrogen) atoms. The fourth-order valence-corrected chi connectivity index (χ4v) is 6.57. The number of thiazole rings is 1. The van der Waals surface area contributed by atoms with E-state index in [1.54, 1.807) is 17.5 Å². The molecule has 3 aromatic rings. The minimum Gasteiger partial charge on any atom is -0.471 e. The number of ether oxygens (including phenoxy) is 2. The lowest BCUT2D eigenvalue weighted by Crippen LogP contribution is -2.52. The van der Waals surface area contributed by atoms with Gasteiger partial charge in [-0.1, -0.05) is 39.0 Å². The summed E-state index contributed by atoms with van der Waals surface area (Å²) in [6.07, 6.45) is 8.33. The number of nitrogens with zero attached hydrogens (tertiary/aromatic N) is 2. The molecule has 2 aliphatic rings. The van der Waals surface area contributed by atoms with Crippen LogP contribution in [0.2, 0.25) is 0 Å². The number of hydrogen-bond acceptors (Lipinski definition) is 8. The summed E-state index contributed by atoms with van der Waals surface area (Å²) in [7, 11) is 0. The highest BCUT2D eigenvalue weighted by Gasteiger charge is 2.46. The fourth-order valence-electron chi connectivity index (χ4n) is 5.93. The largest absolute Gasteiger partial charge is 0.471 e. The maximum absolute atomic E-state index is 12.7. The number of pyridine rings is 1. The van der Waals surface area contributed by atoms with Crippen molar-refractivity contribution in [1.82, 2.24) is 20.6 Å². The van der Waals surface area contributed by atoms with Gasteiger partial charge in [0.05, 0.1) is 12.1 Å². The molecule has 3 atom stereocenters. The van der Waals surface area contributed by atoms with Gasteiger partial charge in [0, 0.05) is 54.5 Å². The van der Waals surface area contributed by atoms with E-state index in [4.69, 9.17) is 14.5 Å². The standard InChI is InChI=1S/C33H44N4O4S/c1-5-40-21-29(39)37-26(16-22-8-6-9-24(14-22)31-34-12-13-42-31)28(38)20-35-27-18-33(10-7-11-33)41-30-25(27)15-23(19-36-30)17-32(2,3)4/h6,8-9,12-15,19,26-28,35,38H,5,7,10-11,16-18,20-21H2,1-4H3,(H,37,39)/t26?,27-,28+/m0/s1. The summed E-state index contributed by atoms with van der Waals surface area (Å²) in [5.41, 5.74) is 4.23. The zero-order chi connectivity index (χ0) is 29.7. The molecule has 1 aliphatic carbocycles. The summed E-state index contributed by atoms with van der Waals surface area (Å²) >= 11 is 1.59. The molecule has 1 amide bonds. The number of aromatic nitrogens is 2. The van der Waals surface area contributed by atoms with Crippen molar-refractivity contribution in [3.05, 3.63) is 64.8 Å². The molecule has 1 aliphatic heterocycles. The maximum atomic E-state index is 12.7. The number of hydrogen-bond donors (Lipinski definition) is 3. The molecule has 3 N–H and O–H groups in total. The zero-order valence-electron chi connectivity index (χ0n) is 25.2. The summed E-state index contributed by atoms with van der Waals surface area (Å²) in [5, 5.41) is 21.1. The van der Waals surface area contributed by atoms with Gasteiger partial charge in [-0.15, -0.1) is 11.3 Å². The summed E-state index contributed by atoms with van der Waals surface area (Å²) in [5.74, 6) is 0.462. The monoisotopic (exact) mass is 592 g/mol. The predicted octanol–water partition coefficient (Wildman–Crippen LogP) is 5.25. The second kappa shape index (κ2) is 13.2. The first-order valence-corrected chi connectivity index (χ1v) is 16.0. The van der Waals surface area contributed by atoms with Gasteiger partial charge in [-0.25, -0.2) is 9.97 Å². The van der Waals surface area contributed by atoms with Gasteiger partial charge in [0.1, 0.15) is 17.2 Å². The molecule has 1 spiro atoms. The zero-order valence-corrected chi connectivity index (χ0v) is 26.0. The van der Waals surface area contributed by atoms with Gasteiger partial charge in [-0.2, -0.15) is 0 Å². The summed E-state index contributed by atoms with van der Waals surface area (Å²) in [4.78, 5) is 21.9. The maximum Gasteiger partial charge on any atom is 0.246 e. The van der Waals surface area contributed by atoms with Crippen molar-refractivity contribution in [2.24, 2.45) is 5.41 Å². The highest BCUT2D eigenvalue weighted by Crippen LogP contribution is 2.48. The minimum absolute atomic E-state index is 0.00382. The van der Waals surface area contributed by atoms with Gasteiger partial charge in [-0.05, 0) is 67.7 Å². The Kier molecular flexibility index (Phi) is 9.62. The van der Waals surface area contributed by atoms with Gasteiger partial charge in [0.25, 0.3) is 0 Å². The van der Waals surface area contributed by atoms with Crippen LogP contribution in [-0.2, 0) is 22.4 Å². The Balaban J connectivity index is 1.33. The average Bonchev–Trinajstić information content (AvgIpc) is 3.48. The number of carbonyl (C=O) groups is 1. The molecule has 0 radical (unpaired) electrons. The number of carbonyl (C=O) groups excluding carboxylic acids is 1. The van der Waals surface area contributed by atoms with Crippen molar-refractivity contribution in [1.29, 1.82) is 0 Å². The van der Waals surface area contributed by atoms with Crippen LogP contribution in [0.25, 0.3) is 10.6 Å². The van der Waals surface area contributed by atoms with Gasteiger partial charge >= 0.3 is 0 Å². The van der Waals surface area contributed by atoms with E-state index in [1.807, 2.05) is 36.7 Å². The Bertz CT molecular complexity index is 1340. The highest BCUT2D eigenvalue weighted by atomic mass is 32.1. The van der Waals surface area contributed by atoms with Crippen LogP contribution < -0.4 is 15.4 Å². The first-order valence-electron chi connectivity index (χ1n) is 15.1. The number of fused-ring (bicyclic) bond motifs is 1. The third-order valence-electron chi connectivity index (χ3n) is 8.08. The van der Waals surface area contributed by atoms with E-state index < -0.39 is 12.1 Å². The number of rotatable bonds is 12. The van der Waals surface area contributed by atoms with E-state index in [2.05, 4.69) is 48.5 Å². The highest BCUT2D eigenvalue weighted by molar-refractivity contribution is 7.13. The fraction of sp³-hybridized carbons (Fsp3) is 0.545. The second-order valence-corrected chi connectivity index (χ2v) is 13.8. The van der Waals surface area contributed by atoms with Gasteiger partial charge < -0.3 is 25.2 Å². The van der Waals surface area contributed by atoms with E-state index in [9.17, 15) is 9.90 Å². The molecule has 9 heteroatoms. The van der Waals surface area contributed by atoms with E-state index in [0.29, 0.717) is 25.5 Å². The third-order valence-corrected chi connectivity index (χ3v) is 8.90. The van der Waals surface area contributed by atoms with Crippen molar-refractivity contribution in [2.75, 3.05) is 19.8 Å². The first-order chi connectivity index (χ1) is 20.1. The van der Waals surface area contributed by atoms with E-state index in [0.717, 1.165) is 53.8 Å². The number of aliphatic hydroxyl groups is 1. The van der Waals surface area contributed by atoms with Gasteiger partial charge in [-0.3, -0.25) is 4.79 Å². The lowest BCUT2D eigenvalue weighted by atomic mass is 9.73. The Labute approximate surface area is 253 Å².